The van der Waals surface area contributed by atoms with Gasteiger partial charge in [-0.25, -0.2) is 4.79 Å². The number of hydrogen-bond donors (Lipinski definition) is 3. The molecule has 10 heteroatoms. The molecule has 186 valence electrons. The van der Waals surface area contributed by atoms with Gasteiger partial charge in [-0.2, -0.15) is 13.2 Å². The molecule has 2 aromatic carbocycles. The van der Waals surface area contributed by atoms with Crippen molar-refractivity contribution in [3.8, 4) is 5.75 Å². The molecule has 34 heavy (non-hydrogen) atoms. The van der Waals surface area contributed by atoms with Crippen LogP contribution in [0.3, 0.4) is 0 Å². The molecule has 0 aliphatic rings. The van der Waals surface area contributed by atoms with Gasteiger partial charge in [-0.3, -0.25) is 4.79 Å². The number of halogens is 3. The van der Waals surface area contributed by atoms with Crippen molar-refractivity contribution < 1.29 is 37.3 Å². The first-order valence-electron chi connectivity index (χ1n) is 10.5. The Morgan fingerprint density at radius 2 is 1.65 bits per heavy atom. The summed E-state index contributed by atoms with van der Waals surface area (Å²) in [7, 11) is 0. The van der Waals surface area contributed by atoms with E-state index in [9.17, 15) is 27.9 Å². The van der Waals surface area contributed by atoms with Crippen LogP contribution in [0.15, 0.2) is 48.5 Å². The van der Waals surface area contributed by atoms with E-state index >= 15 is 0 Å². The number of ether oxygens (including phenoxy) is 2. The number of aliphatic hydroxyl groups excluding tert-OH is 1. The second kappa shape index (κ2) is 10.8. The van der Waals surface area contributed by atoms with Gasteiger partial charge in [0.05, 0.1) is 18.8 Å². The number of amides is 2. The Balaban J connectivity index is 1.91. The van der Waals surface area contributed by atoms with Crippen LogP contribution in [0.5, 0.6) is 5.75 Å². The Kier molecular flexibility index (Phi) is 8.55. The summed E-state index contributed by atoms with van der Waals surface area (Å²) in [5, 5.41) is 14.6. The summed E-state index contributed by atoms with van der Waals surface area (Å²) >= 11 is 0. The van der Waals surface area contributed by atoms with Crippen LogP contribution in [0.2, 0.25) is 0 Å². The van der Waals surface area contributed by atoms with Gasteiger partial charge in [0.2, 0.25) is 0 Å². The zero-order chi connectivity index (χ0) is 25.6. The number of anilines is 1. The maximum Gasteiger partial charge on any atom is 0.416 e. The lowest BCUT2D eigenvalue weighted by atomic mass is 10.0. The van der Waals surface area contributed by atoms with E-state index in [-0.39, 0.29) is 13.0 Å². The molecular weight excluding hydrogens is 453 g/mol. The van der Waals surface area contributed by atoms with Gasteiger partial charge in [-0.05, 0) is 63.6 Å². The lowest BCUT2D eigenvalue weighted by Gasteiger charge is -2.29. The molecule has 2 aromatic rings. The molecule has 7 nitrogen and oxygen atoms in total. The molecule has 0 aliphatic heterocycles. The van der Waals surface area contributed by atoms with Crippen LogP contribution in [-0.2, 0) is 22.1 Å². The summed E-state index contributed by atoms with van der Waals surface area (Å²) in [6.07, 6.45) is -4.96. The van der Waals surface area contributed by atoms with Crippen molar-refractivity contribution in [2.75, 3.05) is 18.5 Å². The normalized spacial score (nSPS) is 13.5. The van der Waals surface area contributed by atoms with Gasteiger partial charge in [0.25, 0.3) is 5.91 Å². The number of carbonyl (C=O) groups excluding carboxylic acids is 2. The fraction of sp³-hybridized carbons (Fsp3) is 0.417. The minimum Gasteiger partial charge on any atom is -0.493 e. The van der Waals surface area contributed by atoms with Crippen LogP contribution in [0, 0.1) is 0 Å². The van der Waals surface area contributed by atoms with Crippen LogP contribution >= 0.6 is 0 Å². The van der Waals surface area contributed by atoms with Crippen molar-refractivity contribution in [1.29, 1.82) is 0 Å². The Morgan fingerprint density at radius 1 is 1.00 bits per heavy atom. The molecule has 0 bridgehead atoms. The van der Waals surface area contributed by atoms with E-state index < -0.39 is 41.5 Å². The first-order valence-corrected chi connectivity index (χ1v) is 10.5. The summed E-state index contributed by atoms with van der Waals surface area (Å²) < 4.78 is 49.1. The van der Waals surface area contributed by atoms with Crippen molar-refractivity contribution in [2.24, 2.45) is 0 Å². The molecule has 0 saturated carbocycles. The zero-order valence-corrected chi connectivity index (χ0v) is 19.5. The number of nitrogens with one attached hydrogen (secondary N) is 2. The topological polar surface area (TPSA) is 96.9 Å². The SMILES string of the molecule is CC(C)(C)OC(=O)N[C@@](C)(CO)C(=O)Nc1ccc(OCCc2cccc(C(F)(F)F)c2)cc1. The van der Waals surface area contributed by atoms with E-state index in [1.807, 2.05) is 0 Å². The third-order valence-electron chi connectivity index (χ3n) is 4.62. The van der Waals surface area contributed by atoms with Gasteiger partial charge < -0.3 is 25.2 Å². The number of alkyl halides is 3. The van der Waals surface area contributed by atoms with Crippen LogP contribution in [-0.4, -0.2) is 41.5 Å². The second-order valence-corrected chi connectivity index (χ2v) is 8.89. The van der Waals surface area contributed by atoms with Gasteiger partial charge >= 0.3 is 12.3 Å². The van der Waals surface area contributed by atoms with Gasteiger partial charge in [-0.1, -0.05) is 18.2 Å². The Labute approximate surface area is 196 Å². The molecule has 1 atom stereocenters. The number of rotatable bonds is 8. The molecule has 0 heterocycles. The molecular formula is C24H29F3N2O5. The van der Waals surface area contributed by atoms with Crippen molar-refractivity contribution in [3.63, 3.8) is 0 Å². The van der Waals surface area contributed by atoms with Gasteiger partial charge in [0, 0.05) is 12.1 Å². The second-order valence-electron chi connectivity index (χ2n) is 8.89. The monoisotopic (exact) mass is 482 g/mol. The number of carbonyl (C=O) groups is 2. The molecule has 0 unspecified atom stereocenters. The Bertz CT molecular complexity index is 987. The highest BCUT2D eigenvalue weighted by molar-refractivity contribution is 5.99. The van der Waals surface area contributed by atoms with Crippen molar-refractivity contribution >= 4 is 17.7 Å². The zero-order valence-electron chi connectivity index (χ0n) is 19.5. The van der Waals surface area contributed by atoms with Crippen LogP contribution < -0.4 is 15.4 Å². The van der Waals surface area contributed by atoms with Gasteiger partial charge in [0.15, 0.2) is 0 Å². The first-order chi connectivity index (χ1) is 15.7. The Hall–Kier alpha value is -3.27. The molecule has 0 fully saturated rings. The minimum absolute atomic E-state index is 0.162. The lowest BCUT2D eigenvalue weighted by Crippen LogP contribution is -2.58. The highest BCUT2D eigenvalue weighted by Gasteiger charge is 2.36. The fourth-order valence-corrected chi connectivity index (χ4v) is 2.79. The molecule has 2 amide bonds. The number of alkyl carbamates (subject to hydrolysis) is 1. The predicted octanol–water partition coefficient (Wildman–Crippen LogP) is 4.54. The van der Waals surface area contributed by atoms with E-state index in [0.29, 0.717) is 17.0 Å². The highest BCUT2D eigenvalue weighted by Crippen LogP contribution is 2.29. The summed E-state index contributed by atoms with van der Waals surface area (Å²) in [6.45, 7) is 5.88. The number of benzene rings is 2. The third kappa shape index (κ3) is 8.26. The van der Waals surface area contributed by atoms with Crippen LogP contribution in [0.25, 0.3) is 0 Å². The fourth-order valence-electron chi connectivity index (χ4n) is 2.79. The number of hydrogen-bond acceptors (Lipinski definition) is 5. The molecule has 3 N–H and O–H groups in total. The quantitative estimate of drug-likeness (QED) is 0.513. The molecule has 0 aromatic heterocycles. The largest absolute Gasteiger partial charge is 0.493 e. The van der Waals surface area contributed by atoms with Crippen LogP contribution in [0.4, 0.5) is 23.7 Å². The summed E-state index contributed by atoms with van der Waals surface area (Å²) in [5.41, 5.74) is -2.21. The molecule has 2 rings (SSSR count). The standard InChI is InChI=1S/C24H29F3N2O5/c1-22(2,3)34-21(32)29-23(4,15-30)20(31)28-18-8-10-19(11-9-18)33-13-12-16-6-5-7-17(14-16)24(25,26)27/h5-11,14,30H,12-13,15H2,1-4H3,(H,28,31)(H,29,32)/t23-/m0/s1. The van der Waals surface area contributed by atoms with Gasteiger partial charge in [0.1, 0.15) is 16.9 Å². The highest BCUT2D eigenvalue weighted by atomic mass is 19.4. The van der Waals surface area contributed by atoms with E-state index in [1.54, 1.807) is 51.1 Å². The predicted molar refractivity (Wildman–Crippen MR) is 121 cm³/mol. The molecule has 0 radical (unpaired) electrons. The van der Waals surface area contributed by atoms with E-state index in [0.717, 1.165) is 12.1 Å². The summed E-state index contributed by atoms with van der Waals surface area (Å²) in [4.78, 5) is 24.6. The number of aliphatic hydroxyl groups is 1. The third-order valence-corrected chi connectivity index (χ3v) is 4.62. The van der Waals surface area contributed by atoms with E-state index in [1.165, 1.54) is 13.0 Å². The smallest absolute Gasteiger partial charge is 0.416 e. The maximum absolute atomic E-state index is 12.8. The lowest BCUT2D eigenvalue weighted by molar-refractivity contribution is -0.137. The average molecular weight is 482 g/mol. The molecule has 0 aliphatic carbocycles. The van der Waals surface area contributed by atoms with E-state index in [2.05, 4.69) is 10.6 Å². The summed E-state index contributed by atoms with van der Waals surface area (Å²) in [6, 6.07) is 11.3. The molecule has 0 spiro atoms. The van der Waals surface area contributed by atoms with Crippen LogP contribution in [0.1, 0.15) is 38.8 Å². The average Bonchev–Trinajstić information content (AvgIpc) is 2.73. The van der Waals surface area contributed by atoms with E-state index in [4.69, 9.17) is 9.47 Å². The summed E-state index contributed by atoms with van der Waals surface area (Å²) in [5.74, 6) is -0.194. The maximum atomic E-state index is 12.8. The van der Waals surface area contributed by atoms with Crippen molar-refractivity contribution in [1.82, 2.24) is 5.32 Å². The Morgan fingerprint density at radius 3 is 2.21 bits per heavy atom. The van der Waals surface area contributed by atoms with Crippen molar-refractivity contribution in [2.45, 2.75) is 51.4 Å². The molecule has 0 saturated heterocycles. The minimum atomic E-state index is -4.40. The van der Waals surface area contributed by atoms with Crippen molar-refractivity contribution in [3.05, 3.63) is 59.7 Å². The van der Waals surface area contributed by atoms with Gasteiger partial charge in [-0.15, -0.1) is 0 Å². The first kappa shape index (κ1) is 27.0.